The number of ether oxygens (including phenoxy) is 1. The van der Waals surface area contributed by atoms with Crippen LogP contribution in [0.3, 0.4) is 0 Å². The lowest BCUT2D eigenvalue weighted by atomic mass is 10.0. The molecule has 0 amide bonds. The lowest BCUT2D eigenvalue weighted by molar-refractivity contribution is 0.214. The first-order chi connectivity index (χ1) is 16.7. The summed E-state index contributed by atoms with van der Waals surface area (Å²) in [5, 5.41) is 17.3. The van der Waals surface area contributed by atoms with Crippen LogP contribution >= 0.6 is 24.8 Å². The van der Waals surface area contributed by atoms with E-state index in [0.29, 0.717) is 29.4 Å². The first-order valence-electron chi connectivity index (χ1n) is 11.6. The van der Waals surface area contributed by atoms with Crippen molar-refractivity contribution in [2.24, 2.45) is 5.73 Å². The van der Waals surface area contributed by atoms with Crippen molar-refractivity contribution in [3.8, 4) is 5.75 Å². The Morgan fingerprint density at radius 1 is 1.05 bits per heavy atom. The van der Waals surface area contributed by atoms with Crippen LogP contribution in [0.15, 0.2) is 60.7 Å². The molecule has 1 saturated heterocycles. The van der Waals surface area contributed by atoms with E-state index in [0.717, 1.165) is 29.3 Å². The number of sulfonamides is 1. The molecule has 1 unspecified atom stereocenters. The van der Waals surface area contributed by atoms with Crippen molar-refractivity contribution in [2.75, 3.05) is 23.1 Å². The Morgan fingerprint density at radius 3 is 2.32 bits per heavy atom. The van der Waals surface area contributed by atoms with Gasteiger partial charge in [0.05, 0.1) is 30.4 Å². The van der Waals surface area contributed by atoms with E-state index in [2.05, 4.69) is 0 Å². The van der Waals surface area contributed by atoms with Crippen molar-refractivity contribution >= 4 is 63.0 Å². The van der Waals surface area contributed by atoms with E-state index in [4.69, 9.17) is 21.3 Å². The van der Waals surface area contributed by atoms with Crippen molar-refractivity contribution in [3.05, 3.63) is 71.8 Å². The summed E-state index contributed by atoms with van der Waals surface area (Å²) in [5.41, 5.74) is 7.67. The molecular formula is C26H33Cl2N5O3S. The van der Waals surface area contributed by atoms with E-state index >= 15 is 0 Å². The number of nitrogens with zero attached hydrogens (tertiary/aromatic N) is 2. The number of nitrogens with two attached hydrogens (primary N) is 1. The van der Waals surface area contributed by atoms with Crippen molar-refractivity contribution in [1.82, 2.24) is 4.90 Å². The van der Waals surface area contributed by atoms with Gasteiger partial charge in [-0.2, -0.15) is 0 Å². The van der Waals surface area contributed by atoms with Gasteiger partial charge in [-0.3, -0.25) is 15.1 Å². The first-order valence-corrected chi connectivity index (χ1v) is 13.2. The van der Waals surface area contributed by atoms with Crippen LogP contribution in [0.1, 0.15) is 31.4 Å². The summed E-state index contributed by atoms with van der Waals surface area (Å²) >= 11 is 0. The Bertz CT molecular complexity index is 1370. The van der Waals surface area contributed by atoms with E-state index in [1.807, 2.05) is 35.2 Å². The number of rotatable bonds is 8. The zero-order valence-corrected chi connectivity index (χ0v) is 23.3. The van der Waals surface area contributed by atoms with E-state index < -0.39 is 10.0 Å². The number of fused-ring (bicyclic) bond motifs is 1. The molecule has 0 saturated carbocycles. The highest BCUT2D eigenvalue weighted by atomic mass is 35.5. The second kappa shape index (κ2) is 12.5. The van der Waals surface area contributed by atoms with Gasteiger partial charge >= 0.3 is 0 Å². The van der Waals surface area contributed by atoms with E-state index in [1.54, 1.807) is 44.2 Å². The Balaban J connectivity index is 0.00000241. The Morgan fingerprint density at radius 2 is 1.73 bits per heavy atom. The standard InChI is InChI=1S/C26H31N5O3S.2ClH/c1-3-35(32,33)31(16-19-4-5-20-6-7-21(26(28)29)15-22(20)14-19)23-8-10-24(11-9-23)34-25-12-13-30(17-25)18(2)27;;/h4-11,14-15,25,27H,3,12-13,16-17H2,1-2H3,(H3,28,29);2*1H. The summed E-state index contributed by atoms with van der Waals surface area (Å²) in [4.78, 5) is 1.98. The zero-order valence-electron chi connectivity index (χ0n) is 20.8. The SMILES string of the molecule is CCS(=O)(=O)N(Cc1ccc2ccc(C(=N)N)cc2c1)c1ccc(OC2CCN(C(C)=N)C2)cc1.Cl.Cl. The minimum Gasteiger partial charge on any atom is -0.489 e. The number of benzene rings is 3. The fraction of sp³-hybridized carbons (Fsp3) is 0.308. The molecular weight excluding hydrogens is 533 g/mol. The number of likely N-dealkylation sites (tertiary alicyclic amines) is 1. The Hall–Kier alpha value is -3.01. The molecule has 200 valence electrons. The summed E-state index contributed by atoms with van der Waals surface area (Å²) in [6.45, 7) is 5.09. The first kappa shape index (κ1) is 30.2. The van der Waals surface area contributed by atoms with Crippen LogP contribution in [-0.4, -0.2) is 49.9 Å². The third kappa shape index (κ3) is 7.06. The van der Waals surface area contributed by atoms with Crippen molar-refractivity contribution in [1.29, 1.82) is 10.8 Å². The quantitative estimate of drug-likeness (QED) is 0.268. The highest BCUT2D eigenvalue weighted by molar-refractivity contribution is 7.92. The molecule has 1 aliphatic heterocycles. The molecule has 1 aliphatic rings. The molecule has 0 radical (unpaired) electrons. The number of amidine groups is 2. The van der Waals surface area contributed by atoms with Gasteiger partial charge in [0.1, 0.15) is 17.7 Å². The summed E-state index contributed by atoms with van der Waals surface area (Å²) < 4.78 is 33.5. The highest BCUT2D eigenvalue weighted by Crippen LogP contribution is 2.27. The third-order valence-electron chi connectivity index (χ3n) is 6.29. The van der Waals surface area contributed by atoms with E-state index in [9.17, 15) is 8.42 Å². The minimum absolute atomic E-state index is 0. The summed E-state index contributed by atoms with van der Waals surface area (Å²) in [7, 11) is -3.53. The number of hydrogen-bond acceptors (Lipinski definition) is 5. The maximum atomic E-state index is 13.0. The molecule has 1 heterocycles. The number of halogens is 2. The van der Waals surface area contributed by atoms with E-state index in [-0.39, 0.29) is 49.1 Å². The van der Waals surface area contributed by atoms with Crippen LogP contribution in [0.2, 0.25) is 0 Å². The molecule has 1 fully saturated rings. The minimum atomic E-state index is -3.53. The largest absolute Gasteiger partial charge is 0.489 e. The van der Waals surface area contributed by atoms with Gasteiger partial charge in [-0.05, 0) is 66.6 Å². The second-order valence-electron chi connectivity index (χ2n) is 8.77. The number of nitrogen functional groups attached to an aromatic ring is 1. The summed E-state index contributed by atoms with van der Waals surface area (Å²) in [6, 6.07) is 18.5. The molecule has 37 heavy (non-hydrogen) atoms. The van der Waals surface area contributed by atoms with Gasteiger partial charge in [0.25, 0.3) is 0 Å². The molecule has 8 nitrogen and oxygen atoms in total. The van der Waals surface area contributed by atoms with Crippen LogP contribution in [0, 0.1) is 10.8 Å². The molecule has 3 aromatic rings. The van der Waals surface area contributed by atoms with Crippen LogP contribution < -0.4 is 14.8 Å². The van der Waals surface area contributed by atoms with Gasteiger partial charge in [0.2, 0.25) is 10.0 Å². The van der Waals surface area contributed by atoms with Crippen LogP contribution in [-0.2, 0) is 16.6 Å². The molecule has 4 N–H and O–H groups in total. The molecule has 1 atom stereocenters. The van der Waals surface area contributed by atoms with Crippen LogP contribution in [0.5, 0.6) is 5.75 Å². The predicted molar refractivity (Wildman–Crippen MR) is 156 cm³/mol. The zero-order chi connectivity index (χ0) is 25.2. The fourth-order valence-corrected chi connectivity index (χ4v) is 5.35. The monoisotopic (exact) mass is 565 g/mol. The third-order valence-corrected chi connectivity index (χ3v) is 8.03. The van der Waals surface area contributed by atoms with Crippen molar-refractivity contribution < 1.29 is 13.2 Å². The molecule has 11 heteroatoms. The highest BCUT2D eigenvalue weighted by Gasteiger charge is 2.25. The van der Waals surface area contributed by atoms with Gasteiger partial charge in [-0.15, -0.1) is 24.8 Å². The fourth-order valence-electron chi connectivity index (χ4n) is 4.25. The second-order valence-corrected chi connectivity index (χ2v) is 11.0. The lowest BCUT2D eigenvalue weighted by Crippen LogP contribution is -2.31. The van der Waals surface area contributed by atoms with Gasteiger partial charge in [-0.1, -0.05) is 24.3 Å². The normalized spacial score (nSPS) is 15.0. The predicted octanol–water partition coefficient (Wildman–Crippen LogP) is 4.77. The van der Waals surface area contributed by atoms with Gasteiger partial charge in [0, 0.05) is 18.5 Å². The Labute approximate surface area is 230 Å². The maximum Gasteiger partial charge on any atom is 0.235 e. The van der Waals surface area contributed by atoms with Crippen LogP contribution in [0.4, 0.5) is 5.69 Å². The van der Waals surface area contributed by atoms with Gasteiger partial charge in [0.15, 0.2) is 0 Å². The van der Waals surface area contributed by atoms with E-state index in [1.165, 1.54) is 4.31 Å². The van der Waals surface area contributed by atoms with Crippen molar-refractivity contribution in [2.45, 2.75) is 32.9 Å². The Kier molecular flexibility index (Phi) is 10.2. The number of hydrogen-bond donors (Lipinski definition) is 3. The average Bonchev–Trinajstić information content (AvgIpc) is 3.31. The van der Waals surface area contributed by atoms with Gasteiger partial charge < -0.3 is 15.4 Å². The molecule has 0 bridgehead atoms. The van der Waals surface area contributed by atoms with Crippen LogP contribution in [0.25, 0.3) is 10.8 Å². The molecule has 4 rings (SSSR count). The molecule has 0 spiro atoms. The lowest BCUT2D eigenvalue weighted by Gasteiger charge is -2.25. The average molecular weight is 567 g/mol. The maximum absolute atomic E-state index is 13.0. The number of nitrogens with one attached hydrogen (secondary N) is 2. The molecule has 0 aliphatic carbocycles. The molecule has 3 aromatic carbocycles. The molecule has 0 aromatic heterocycles. The smallest absolute Gasteiger partial charge is 0.235 e. The van der Waals surface area contributed by atoms with Gasteiger partial charge in [-0.25, -0.2) is 8.42 Å². The summed E-state index contributed by atoms with van der Waals surface area (Å²) in [5.74, 6) is 1.19. The number of anilines is 1. The topological polar surface area (TPSA) is 124 Å². The van der Waals surface area contributed by atoms with Crippen molar-refractivity contribution in [3.63, 3.8) is 0 Å². The summed E-state index contributed by atoms with van der Waals surface area (Å²) in [6.07, 6.45) is 0.857.